The monoisotopic (exact) mass is 488 g/mol. The Hall–Kier alpha value is -2.52. The minimum Gasteiger partial charge on any atom is -0.485 e. The topological polar surface area (TPSA) is 69.5 Å². The molecule has 30 heavy (non-hydrogen) atoms. The molecule has 1 atom stereocenters. The number of para-hydroxylation sites is 2. The highest BCUT2D eigenvalue weighted by Gasteiger charge is 2.27. The summed E-state index contributed by atoms with van der Waals surface area (Å²) >= 11 is 4.78. The number of ether oxygens (including phenoxy) is 2. The molecule has 0 bridgehead atoms. The second-order valence-electron chi connectivity index (χ2n) is 6.93. The van der Waals surface area contributed by atoms with E-state index in [1.807, 2.05) is 60.1 Å². The normalized spacial score (nSPS) is 15.1. The first-order valence-electron chi connectivity index (χ1n) is 9.40. The summed E-state index contributed by atoms with van der Waals surface area (Å²) in [6.07, 6.45) is -0.345. The number of hydrogen-bond donors (Lipinski definition) is 0. The van der Waals surface area contributed by atoms with Gasteiger partial charge in [0.15, 0.2) is 28.6 Å². The van der Waals surface area contributed by atoms with E-state index in [1.165, 1.54) is 11.8 Å². The molecule has 1 aliphatic rings. The Labute approximate surface area is 187 Å². The van der Waals surface area contributed by atoms with Gasteiger partial charge in [-0.05, 0) is 29.8 Å². The molecule has 0 saturated carbocycles. The number of thioether (sulfide) groups is 1. The molecule has 1 amide bonds. The van der Waals surface area contributed by atoms with E-state index in [9.17, 15) is 4.79 Å². The van der Waals surface area contributed by atoms with Crippen LogP contribution in [0.25, 0.3) is 0 Å². The van der Waals surface area contributed by atoms with Crippen molar-refractivity contribution in [2.45, 2.75) is 17.8 Å². The van der Waals surface area contributed by atoms with Gasteiger partial charge in [-0.3, -0.25) is 4.79 Å². The van der Waals surface area contributed by atoms with Crippen molar-refractivity contribution in [2.24, 2.45) is 7.05 Å². The van der Waals surface area contributed by atoms with Gasteiger partial charge in [-0.25, -0.2) is 0 Å². The van der Waals surface area contributed by atoms with E-state index in [0.717, 1.165) is 15.8 Å². The molecule has 1 aromatic heterocycles. The van der Waals surface area contributed by atoms with Crippen molar-refractivity contribution in [2.75, 3.05) is 19.4 Å². The second-order valence-corrected chi connectivity index (χ2v) is 8.79. The average Bonchev–Trinajstić information content (AvgIpc) is 3.13. The number of aromatic nitrogens is 3. The van der Waals surface area contributed by atoms with Crippen LogP contribution in [0.2, 0.25) is 0 Å². The van der Waals surface area contributed by atoms with Crippen molar-refractivity contribution >= 4 is 33.6 Å². The van der Waals surface area contributed by atoms with Gasteiger partial charge in [0.05, 0.1) is 5.75 Å². The number of benzene rings is 2. The zero-order chi connectivity index (χ0) is 21.1. The van der Waals surface area contributed by atoms with Gasteiger partial charge in [0.25, 0.3) is 0 Å². The van der Waals surface area contributed by atoms with Gasteiger partial charge in [-0.2, -0.15) is 0 Å². The zero-order valence-electron chi connectivity index (χ0n) is 16.6. The predicted molar refractivity (Wildman–Crippen MR) is 118 cm³/mol. The first kappa shape index (κ1) is 20.7. The quantitative estimate of drug-likeness (QED) is 0.491. The summed E-state index contributed by atoms with van der Waals surface area (Å²) < 4.78 is 14.7. The van der Waals surface area contributed by atoms with Gasteiger partial charge in [0.2, 0.25) is 5.91 Å². The summed E-state index contributed by atoms with van der Waals surface area (Å²) in [5, 5.41) is 9.17. The molecule has 0 N–H and O–H groups in total. The van der Waals surface area contributed by atoms with Crippen molar-refractivity contribution in [3.05, 3.63) is 64.4 Å². The molecular weight excluding hydrogens is 468 g/mol. The van der Waals surface area contributed by atoms with Crippen LogP contribution in [0.4, 0.5) is 0 Å². The van der Waals surface area contributed by atoms with Crippen LogP contribution in [0.1, 0.15) is 17.5 Å². The number of carbonyl (C=O) groups excluding carboxylic acids is 1. The van der Waals surface area contributed by atoms with Crippen LogP contribution in [-0.2, 0) is 18.4 Å². The van der Waals surface area contributed by atoms with Gasteiger partial charge >= 0.3 is 0 Å². The van der Waals surface area contributed by atoms with E-state index in [2.05, 4.69) is 26.1 Å². The molecule has 9 heteroatoms. The largest absolute Gasteiger partial charge is 0.485 e. The van der Waals surface area contributed by atoms with Crippen LogP contribution >= 0.6 is 27.7 Å². The van der Waals surface area contributed by atoms with Gasteiger partial charge < -0.3 is 18.9 Å². The van der Waals surface area contributed by atoms with Crippen LogP contribution in [0, 0.1) is 0 Å². The number of amides is 1. The third-order valence-electron chi connectivity index (χ3n) is 4.75. The molecule has 1 unspecified atom stereocenters. The van der Waals surface area contributed by atoms with Crippen molar-refractivity contribution in [1.29, 1.82) is 0 Å². The minimum absolute atomic E-state index is 0.0265. The van der Waals surface area contributed by atoms with Crippen LogP contribution < -0.4 is 9.47 Å². The minimum atomic E-state index is -0.345. The Morgan fingerprint density at radius 3 is 2.70 bits per heavy atom. The average molecular weight is 489 g/mol. The molecule has 0 radical (unpaired) electrons. The third kappa shape index (κ3) is 4.62. The lowest BCUT2D eigenvalue weighted by Gasteiger charge is -2.25. The highest BCUT2D eigenvalue weighted by atomic mass is 79.9. The predicted octanol–water partition coefficient (Wildman–Crippen LogP) is 3.84. The lowest BCUT2D eigenvalue weighted by Crippen LogP contribution is -2.28. The van der Waals surface area contributed by atoms with Crippen molar-refractivity contribution in [3.8, 4) is 11.5 Å². The van der Waals surface area contributed by atoms with E-state index >= 15 is 0 Å². The van der Waals surface area contributed by atoms with Gasteiger partial charge in [0.1, 0.15) is 6.61 Å². The van der Waals surface area contributed by atoms with Crippen molar-refractivity contribution in [3.63, 3.8) is 0 Å². The van der Waals surface area contributed by atoms with Crippen LogP contribution in [0.5, 0.6) is 11.5 Å². The van der Waals surface area contributed by atoms with Gasteiger partial charge in [-0.15, -0.1) is 10.2 Å². The molecule has 4 rings (SSSR count). The number of fused-ring (bicyclic) bond motifs is 1. The SMILES string of the molecule is CN(Cc1ccc(Br)cc1)C(=O)CSc1nnc(C2COc3ccccc3O2)n1C. The lowest BCUT2D eigenvalue weighted by molar-refractivity contribution is -0.127. The Balaban J connectivity index is 1.35. The van der Waals surface area contributed by atoms with E-state index in [4.69, 9.17) is 9.47 Å². The molecule has 3 aromatic rings. The third-order valence-corrected chi connectivity index (χ3v) is 6.28. The Morgan fingerprint density at radius 1 is 1.20 bits per heavy atom. The maximum Gasteiger partial charge on any atom is 0.233 e. The van der Waals surface area contributed by atoms with Crippen LogP contribution in [0.15, 0.2) is 58.2 Å². The smallest absolute Gasteiger partial charge is 0.233 e. The highest BCUT2D eigenvalue weighted by Crippen LogP contribution is 2.35. The fourth-order valence-electron chi connectivity index (χ4n) is 3.07. The zero-order valence-corrected chi connectivity index (χ0v) is 19.0. The van der Waals surface area contributed by atoms with E-state index < -0.39 is 0 Å². The van der Waals surface area contributed by atoms with Gasteiger partial charge in [0, 0.05) is 25.1 Å². The molecule has 7 nitrogen and oxygen atoms in total. The Bertz CT molecular complexity index is 1040. The molecule has 156 valence electrons. The molecule has 0 spiro atoms. The molecular formula is C21H21BrN4O3S. The second kappa shape index (κ2) is 9.09. The summed E-state index contributed by atoms with van der Waals surface area (Å²) in [5.74, 6) is 2.39. The van der Waals surface area contributed by atoms with Crippen LogP contribution in [-0.4, -0.2) is 45.0 Å². The summed E-state index contributed by atoms with van der Waals surface area (Å²) in [7, 11) is 3.68. The van der Waals surface area contributed by atoms with Gasteiger partial charge in [-0.1, -0.05) is 52.0 Å². The number of nitrogens with zero attached hydrogens (tertiary/aromatic N) is 4. The summed E-state index contributed by atoms with van der Waals surface area (Å²) in [5.41, 5.74) is 1.08. The van der Waals surface area contributed by atoms with E-state index in [1.54, 1.807) is 11.9 Å². The molecule has 2 aromatic carbocycles. The van der Waals surface area contributed by atoms with Crippen molar-refractivity contribution in [1.82, 2.24) is 19.7 Å². The molecule has 1 aliphatic heterocycles. The fraction of sp³-hybridized carbons (Fsp3) is 0.286. The maximum absolute atomic E-state index is 12.5. The van der Waals surface area contributed by atoms with Crippen LogP contribution in [0.3, 0.4) is 0 Å². The fourth-order valence-corrected chi connectivity index (χ4v) is 4.19. The summed E-state index contributed by atoms with van der Waals surface area (Å²) in [6.45, 7) is 0.923. The maximum atomic E-state index is 12.5. The highest BCUT2D eigenvalue weighted by molar-refractivity contribution is 9.10. The number of halogens is 1. The standard InChI is InChI=1S/C21H21BrN4O3S/c1-25(11-14-7-9-15(22)10-8-14)19(27)13-30-21-24-23-20(26(21)2)18-12-28-16-5-3-4-6-17(16)29-18/h3-10,18H,11-13H2,1-2H3. The Kier molecular flexibility index (Phi) is 6.29. The first-order chi connectivity index (χ1) is 14.5. The number of hydrogen-bond acceptors (Lipinski definition) is 6. The number of rotatable bonds is 6. The lowest BCUT2D eigenvalue weighted by atomic mass is 10.2. The molecule has 0 aliphatic carbocycles. The summed E-state index contributed by atoms with van der Waals surface area (Å²) in [4.78, 5) is 14.2. The van der Waals surface area contributed by atoms with Crippen molar-refractivity contribution < 1.29 is 14.3 Å². The Morgan fingerprint density at radius 2 is 1.93 bits per heavy atom. The first-order valence-corrected chi connectivity index (χ1v) is 11.2. The van der Waals surface area contributed by atoms with E-state index in [0.29, 0.717) is 29.9 Å². The summed E-state index contributed by atoms with van der Waals surface area (Å²) in [6, 6.07) is 15.5. The number of carbonyl (C=O) groups is 1. The molecule has 2 heterocycles. The molecule has 0 fully saturated rings. The molecule has 0 saturated heterocycles. The van der Waals surface area contributed by atoms with E-state index in [-0.39, 0.29) is 17.8 Å².